The third kappa shape index (κ3) is 3.59. The first-order chi connectivity index (χ1) is 7.43. The van der Waals surface area contributed by atoms with Gasteiger partial charge in [-0.1, -0.05) is 19.8 Å². The van der Waals surface area contributed by atoms with Crippen molar-refractivity contribution in [2.45, 2.75) is 57.9 Å². The number of carbonyl (C=O) groups excluding carboxylic acids is 1. The second-order valence-corrected chi connectivity index (χ2v) is 6.33. The maximum atomic E-state index is 12.1. The molecule has 2 rings (SSSR count). The Hall–Kier alpha value is -0.280. The normalized spacial score (nSPS) is 34.6. The summed E-state index contributed by atoms with van der Waals surface area (Å²) in [4.78, 5) is 12.1. The van der Waals surface area contributed by atoms with Crippen molar-refractivity contribution in [3.05, 3.63) is 0 Å². The van der Waals surface area contributed by atoms with E-state index in [4.69, 9.17) is 5.73 Å². The monoisotopic (exact) mass is 260 g/mol. The molecule has 2 aliphatic carbocycles. The van der Waals surface area contributed by atoms with Gasteiger partial charge in [-0.25, -0.2) is 0 Å². The van der Waals surface area contributed by atoms with Crippen molar-refractivity contribution in [1.29, 1.82) is 0 Å². The molecule has 0 bridgehead atoms. The van der Waals surface area contributed by atoms with Gasteiger partial charge in [0, 0.05) is 12.1 Å². The number of halogens is 1. The molecule has 17 heavy (non-hydrogen) atoms. The van der Waals surface area contributed by atoms with Gasteiger partial charge in [-0.3, -0.25) is 4.79 Å². The van der Waals surface area contributed by atoms with Crippen molar-refractivity contribution >= 4 is 18.3 Å². The minimum Gasteiger partial charge on any atom is -0.355 e. The molecule has 100 valence electrons. The maximum Gasteiger partial charge on any atom is 0.224 e. The van der Waals surface area contributed by atoms with Gasteiger partial charge in [0.2, 0.25) is 5.91 Å². The van der Waals surface area contributed by atoms with Crippen LogP contribution in [0.5, 0.6) is 0 Å². The molecule has 0 radical (unpaired) electrons. The molecule has 2 fully saturated rings. The van der Waals surface area contributed by atoms with E-state index >= 15 is 0 Å². The first kappa shape index (κ1) is 14.8. The number of rotatable bonds is 3. The van der Waals surface area contributed by atoms with E-state index < -0.39 is 0 Å². The Labute approximate surface area is 110 Å². The first-order valence-corrected chi connectivity index (χ1v) is 6.50. The maximum absolute atomic E-state index is 12.1. The minimum absolute atomic E-state index is 0. The molecule has 0 saturated heterocycles. The van der Waals surface area contributed by atoms with Crippen molar-refractivity contribution in [1.82, 2.24) is 5.32 Å². The molecule has 0 heterocycles. The third-order valence-electron chi connectivity index (χ3n) is 4.36. The fourth-order valence-corrected chi connectivity index (χ4v) is 2.60. The number of nitrogens with one attached hydrogen (secondary N) is 1. The van der Waals surface area contributed by atoms with Gasteiger partial charge in [-0.2, -0.15) is 0 Å². The number of amides is 1. The van der Waals surface area contributed by atoms with Crippen LogP contribution in [0.25, 0.3) is 0 Å². The van der Waals surface area contributed by atoms with Gasteiger partial charge in [-0.15, -0.1) is 12.4 Å². The van der Waals surface area contributed by atoms with Crippen molar-refractivity contribution in [3.63, 3.8) is 0 Å². The zero-order chi connectivity index (χ0) is 11.8. The van der Waals surface area contributed by atoms with Crippen LogP contribution in [0.3, 0.4) is 0 Å². The predicted molar refractivity (Wildman–Crippen MR) is 72.1 cm³/mol. The van der Waals surface area contributed by atoms with Crippen LogP contribution in [-0.2, 0) is 4.79 Å². The van der Waals surface area contributed by atoms with Gasteiger partial charge in [0.05, 0.1) is 5.92 Å². The summed E-state index contributed by atoms with van der Waals surface area (Å²) in [7, 11) is 0. The average molecular weight is 261 g/mol. The van der Waals surface area contributed by atoms with Crippen LogP contribution >= 0.6 is 12.4 Å². The van der Waals surface area contributed by atoms with E-state index in [9.17, 15) is 4.79 Å². The molecule has 0 aromatic rings. The summed E-state index contributed by atoms with van der Waals surface area (Å²) < 4.78 is 0. The second-order valence-electron chi connectivity index (χ2n) is 6.33. The summed E-state index contributed by atoms with van der Waals surface area (Å²) in [6.45, 7) is 5.09. The fraction of sp³-hybridized carbons (Fsp3) is 0.923. The van der Waals surface area contributed by atoms with Gasteiger partial charge >= 0.3 is 0 Å². The standard InChI is InChI=1S/C13H24N2O.ClH/c1-12(7-8-12)9-15-11(16)10-5-3-4-6-13(10,2)14;/h10H,3-9,14H2,1-2H3,(H,15,16);1H. The lowest BCUT2D eigenvalue weighted by molar-refractivity contribution is -0.128. The Balaban J connectivity index is 0.00000144. The highest BCUT2D eigenvalue weighted by Gasteiger charge is 2.41. The van der Waals surface area contributed by atoms with Crippen LogP contribution in [0.1, 0.15) is 52.4 Å². The Kier molecular flexibility index (Phi) is 4.48. The van der Waals surface area contributed by atoms with Crippen molar-refractivity contribution in [2.24, 2.45) is 17.1 Å². The van der Waals surface area contributed by atoms with Crippen LogP contribution < -0.4 is 11.1 Å². The number of carbonyl (C=O) groups is 1. The Bertz CT molecular complexity index is 287. The van der Waals surface area contributed by atoms with E-state index in [-0.39, 0.29) is 29.8 Å². The molecular formula is C13H25ClN2O. The van der Waals surface area contributed by atoms with Crippen LogP contribution in [0.4, 0.5) is 0 Å². The van der Waals surface area contributed by atoms with Crippen molar-refractivity contribution < 1.29 is 4.79 Å². The molecule has 2 aliphatic rings. The molecule has 0 spiro atoms. The second kappa shape index (κ2) is 5.15. The van der Waals surface area contributed by atoms with Gasteiger partial charge in [0.1, 0.15) is 0 Å². The molecule has 0 aromatic carbocycles. The largest absolute Gasteiger partial charge is 0.355 e. The van der Waals surface area contributed by atoms with Gasteiger partial charge in [0.25, 0.3) is 0 Å². The summed E-state index contributed by atoms with van der Waals surface area (Å²) in [6.07, 6.45) is 6.73. The van der Waals surface area contributed by atoms with Crippen LogP contribution in [-0.4, -0.2) is 18.0 Å². The molecule has 0 aromatic heterocycles. The first-order valence-electron chi connectivity index (χ1n) is 6.50. The zero-order valence-corrected chi connectivity index (χ0v) is 11.7. The summed E-state index contributed by atoms with van der Waals surface area (Å²) in [5.74, 6) is 0.196. The SMILES string of the molecule is CC1(CNC(=O)C2CCCCC2(C)N)CC1.Cl. The molecular weight excluding hydrogens is 236 g/mol. The third-order valence-corrected chi connectivity index (χ3v) is 4.36. The van der Waals surface area contributed by atoms with E-state index in [1.807, 2.05) is 6.92 Å². The average Bonchev–Trinajstić information content (AvgIpc) is 2.93. The summed E-state index contributed by atoms with van der Waals surface area (Å²) in [6, 6.07) is 0. The van der Waals surface area contributed by atoms with E-state index in [2.05, 4.69) is 12.2 Å². The van der Waals surface area contributed by atoms with Crippen LogP contribution in [0.15, 0.2) is 0 Å². The number of hydrogen-bond acceptors (Lipinski definition) is 2. The Morgan fingerprint density at radius 3 is 2.47 bits per heavy atom. The number of nitrogens with two attached hydrogens (primary N) is 1. The fourth-order valence-electron chi connectivity index (χ4n) is 2.60. The zero-order valence-electron chi connectivity index (χ0n) is 10.9. The molecule has 2 atom stereocenters. The lowest BCUT2D eigenvalue weighted by atomic mass is 9.74. The van der Waals surface area contributed by atoms with Crippen molar-refractivity contribution in [2.75, 3.05) is 6.54 Å². The predicted octanol–water partition coefficient (Wildman–Crippen LogP) is 2.23. The molecule has 0 aliphatic heterocycles. The van der Waals surface area contributed by atoms with E-state index in [1.165, 1.54) is 12.8 Å². The lowest BCUT2D eigenvalue weighted by Gasteiger charge is -2.37. The molecule has 4 heteroatoms. The number of hydrogen-bond donors (Lipinski definition) is 2. The van der Waals surface area contributed by atoms with E-state index in [1.54, 1.807) is 0 Å². The Morgan fingerprint density at radius 1 is 1.29 bits per heavy atom. The van der Waals surface area contributed by atoms with E-state index in [0.29, 0.717) is 5.41 Å². The van der Waals surface area contributed by atoms with Gasteiger partial charge < -0.3 is 11.1 Å². The highest BCUT2D eigenvalue weighted by atomic mass is 35.5. The van der Waals surface area contributed by atoms with Crippen LogP contribution in [0, 0.1) is 11.3 Å². The highest BCUT2D eigenvalue weighted by molar-refractivity contribution is 5.85. The molecule has 3 N–H and O–H groups in total. The topological polar surface area (TPSA) is 55.1 Å². The lowest BCUT2D eigenvalue weighted by Crippen LogP contribution is -2.53. The van der Waals surface area contributed by atoms with Gasteiger partial charge in [-0.05, 0) is 38.0 Å². The summed E-state index contributed by atoms with van der Waals surface area (Å²) >= 11 is 0. The molecule has 1 amide bonds. The highest BCUT2D eigenvalue weighted by Crippen LogP contribution is 2.44. The summed E-state index contributed by atoms with van der Waals surface area (Å²) in [5.41, 5.74) is 6.30. The smallest absolute Gasteiger partial charge is 0.224 e. The van der Waals surface area contributed by atoms with Crippen LogP contribution in [0.2, 0.25) is 0 Å². The molecule has 2 saturated carbocycles. The van der Waals surface area contributed by atoms with Gasteiger partial charge in [0.15, 0.2) is 0 Å². The van der Waals surface area contributed by atoms with Crippen molar-refractivity contribution in [3.8, 4) is 0 Å². The molecule has 3 nitrogen and oxygen atoms in total. The summed E-state index contributed by atoms with van der Waals surface area (Å²) in [5, 5.41) is 3.09. The quantitative estimate of drug-likeness (QED) is 0.818. The molecule has 2 unspecified atom stereocenters. The Morgan fingerprint density at radius 2 is 1.94 bits per heavy atom. The minimum atomic E-state index is -0.299. The van der Waals surface area contributed by atoms with E-state index in [0.717, 1.165) is 32.2 Å².